The molecule has 4 aromatic rings. The summed E-state index contributed by atoms with van der Waals surface area (Å²) in [5, 5.41) is 2.33. The second-order valence-electron chi connectivity index (χ2n) is 7.36. The smallest absolute Gasteiger partial charge is 0.338 e. The van der Waals surface area contributed by atoms with Crippen LogP contribution in [0, 0.1) is 6.92 Å². The Balaban J connectivity index is 1.64. The molecule has 3 aromatic carbocycles. The van der Waals surface area contributed by atoms with Crippen LogP contribution in [0.25, 0.3) is 21.7 Å². The van der Waals surface area contributed by atoms with Gasteiger partial charge in [-0.3, -0.25) is 9.36 Å². The maximum Gasteiger partial charge on any atom is 0.338 e. The fourth-order valence-corrected chi connectivity index (χ4v) is 3.63. The number of benzene rings is 3. The lowest BCUT2D eigenvalue weighted by Gasteiger charge is -2.12. The summed E-state index contributed by atoms with van der Waals surface area (Å²) in [5.41, 5.74) is 1.91. The summed E-state index contributed by atoms with van der Waals surface area (Å²) in [4.78, 5) is 29.5. The number of rotatable bonds is 7. The van der Waals surface area contributed by atoms with Crippen LogP contribution in [0.3, 0.4) is 0 Å². The van der Waals surface area contributed by atoms with E-state index in [0.717, 1.165) is 16.3 Å². The first-order valence-corrected chi connectivity index (χ1v) is 10.3. The molecule has 0 unspecified atom stereocenters. The summed E-state index contributed by atoms with van der Waals surface area (Å²) in [6, 6.07) is 16.5. The highest BCUT2D eigenvalue weighted by atomic mass is 16.5. The summed E-state index contributed by atoms with van der Waals surface area (Å²) in [5.74, 6) is 0.883. The molecule has 0 spiro atoms. The molecule has 7 nitrogen and oxygen atoms in total. The van der Waals surface area contributed by atoms with Crippen LogP contribution in [0.2, 0.25) is 0 Å². The van der Waals surface area contributed by atoms with Crippen molar-refractivity contribution >= 4 is 27.6 Å². The third-order valence-electron chi connectivity index (χ3n) is 5.22. The monoisotopic (exact) mass is 432 g/mol. The first kappa shape index (κ1) is 21.5. The molecule has 0 aliphatic rings. The summed E-state index contributed by atoms with van der Waals surface area (Å²) >= 11 is 0. The zero-order valence-electron chi connectivity index (χ0n) is 18.3. The van der Waals surface area contributed by atoms with E-state index in [-0.39, 0.29) is 18.3 Å². The number of carbonyl (C=O) groups is 1. The second kappa shape index (κ2) is 9.20. The minimum atomic E-state index is -0.358. The Morgan fingerprint density at radius 2 is 1.81 bits per heavy atom. The Kier molecular flexibility index (Phi) is 6.18. The summed E-state index contributed by atoms with van der Waals surface area (Å²) in [6.07, 6.45) is 0. The average molecular weight is 432 g/mol. The number of carbonyl (C=O) groups excluding carboxylic acids is 1. The van der Waals surface area contributed by atoms with Gasteiger partial charge in [0.05, 0.1) is 23.1 Å². The molecule has 4 rings (SSSR count). The van der Waals surface area contributed by atoms with E-state index >= 15 is 0 Å². The highest BCUT2D eigenvalue weighted by Crippen LogP contribution is 2.24. The predicted octanol–water partition coefficient (Wildman–Crippen LogP) is 4.22. The van der Waals surface area contributed by atoms with Crippen molar-refractivity contribution in [1.29, 1.82) is 0 Å². The molecule has 0 aliphatic carbocycles. The fraction of sp³-hybridized carbons (Fsp3) is 0.240. The van der Waals surface area contributed by atoms with Crippen molar-refractivity contribution in [3.05, 3.63) is 81.9 Å². The first-order chi connectivity index (χ1) is 15.5. The lowest BCUT2D eigenvalue weighted by atomic mass is 10.0. The molecule has 0 fully saturated rings. The Bertz CT molecular complexity index is 1340. The molecule has 1 heterocycles. The van der Waals surface area contributed by atoms with Gasteiger partial charge < -0.3 is 14.2 Å². The number of hydrogen-bond acceptors (Lipinski definition) is 6. The van der Waals surface area contributed by atoms with Crippen LogP contribution in [-0.4, -0.2) is 29.2 Å². The van der Waals surface area contributed by atoms with Crippen molar-refractivity contribution in [2.45, 2.75) is 27.2 Å². The van der Waals surface area contributed by atoms with E-state index in [2.05, 4.69) is 4.98 Å². The molecular formula is C25H24N2O5. The number of hydrogen-bond donors (Lipinski definition) is 0. The third-order valence-corrected chi connectivity index (χ3v) is 5.22. The largest absolute Gasteiger partial charge is 0.489 e. The van der Waals surface area contributed by atoms with Crippen LogP contribution in [0.5, 0.6) is 5.75 Å². The number of aromatic nitrogens is 2. The molecule has 0 aliphatic heterocycles. The molecule has 1 aromatic heterocycles. The summed E-state index contributed by atoms with van der Waals surface area (Å²) in [7, 11) is 1.55. The number of aryl methyl sites for hydroxylation is 1. The van der Waals surface area contributed by atoms with Gasteiger partial charge in [-0.25, -0.2) is 9.78 Å². The Labute approximate surface area is 185 Å². The van der Waals surface area contributed by atoms with E-state index in [9.17, 15) is 9.59 Å². The standard InChI is InChI=1S/C25H24N2O5/c1-4-31-25(29)19-7-10-20(11-8-19)32-14-17-5-6-18-9-12-22-23(21(18)13-17)24(28)27(15-30-3)16(2)26-22/h5-13H,4,14-15H2,1-3H3. The van der Waals surface area contributed by atoms with Gasteiger partial charge in [-0.15, -0.1) is 0 Å². The molecular weight excluding hydrogens is 408 g/mol. The van der Waals surface area contributed by atoms with Crippen molar-refractivity contribution in [3.63, 3.8) is 0 Å². The minimum Gasteiger partial charge on any atom is -0.489 e. The van der Waals surface area contributed by atoms with Crippen molar-refractivity contribution < 1.29 is 19.0 Å². The van der Waals surface area contributed by atoms with Gasteiger partial charge in [0, 0.05) is 7.11 Å². The lowest BCUT2D eigenvalue weighted by molar-refractivity contribution is 0.0526. The number of ether oxygens (including phenoxy) is 3. The van der Waals surface area contributed by atoms with Gasteiger partial charge in [0.15, 0.2) is 0 Å². The van der Waals surface area contributed by atoms with Crippen molar-refractivity contribution in [1.82, 2.24) is 9.55 Å². The molecule has 0 amide bonds. The fourth-order valence-electron chi connectivity index (χ4n) is 3.63. The van der Waals surface area contributed by atoms with E-state index in [4.69, 9.17) is 14.2 Å². The quantitative estimate of drug-likeness (QED) is 0.321. The van der Waals surface area contributed by atoms with Gasteiger partial charge in [0.1, 0.15) is 24.9 Å². The van der Waals surface area contributed by atoms with Crippen LogP contribution < -0.4 is 10.3 Å². The molecule has 0 bridgehead atoms. The van der Waals surface area contributed by atoms with Gasteiger partial charge >= 0.3 is 5.97 Å². The van der Waals surface area contributed by atoms with Gasteiger partial charge in [-0.05, 0) is 66.6 Å². The molecule has 7 heteroatoms. The van der Waals surface area contributed by atoms with Crippen molar-refractivity contribution in [2.24, 2.45) is 0 Å². The van der Waals surface area contributed by atoms with Crippen LogP contribution >= 0.6 is 0 Å². The third kappa shape index (κ3) is 4.20. The Morgan fingerprint density at radius 3 is 2.53 bits per heavy atom. The molecule has 0 N–H and O–H groups in total. The topological polar surface area (TPSA) is 79.7 Å². The molecule has 0 radical (unpaired) electrons. The van der Waals surface area contributed by atoms with Crippen molar-refractivity contribution in [3.8, 4) is 5.75 Å². The van der Waals surface area contributed by atoms with E-state index in [1.807, 2.05) is 30.3 Å². The van der Waals surface area contributed by atoms with E-state index in [1.54, 1.807) is 45.2 Å². The SMILES string of the molecule is CCOC(=O)c1ccc(OCc2ccc3ccc4nc(C)n(COC)c(=O)c4c3c2)cc1. The van der Waals surface area contributed by atoms with Gasteiger partial charge in [-0.1, -0.05) is 18.2 Å². The molecule has 0 saturated heterocycles. The second-order valence-corrected chi connectivity index (χ2v) is 7.36. The predicted molar refractivity (Wildman–Crippen MR) is 122 cm³/mol. The van der Waals surface area contributed by atoms with Crippen molar-refractivity contribution in [2.75, 3.05) is 13.7 Å². The van der Waals surface area contributed by atoms with Crippen LogP contribution in [0.4, 0.5) is 0 Å². The molecule has 32 heavy (non-hydrogen) atoms. The molecule has 0 atom stereocenters. The van der Waals surface area contributed by atoms with E-state index in [1.165, 1.54) is 4.57 Å². The summed E-state index contributed by atoms with van der Waals surface area (Å²) < 4.78 is 17.6. The minimum absolute atomic E-state index is 0.132. The molecule has 0 saturated carbocycles. The van der Waals surface area contributed by atoms with E-state index < -0.39 is 0 Å². The number of esters is 1. The number of methoxy groups -OCH3 is 1. The van der Waals surface area contributed by atoms with Gasteiger partial charge in [-0.2, -0.15) is 0 Å². The van der Waals surface area contributed by atoms with Crippen LogP contribution in [0.1, 0.15) is 28.7 Å². The normalized spacial score (nSPS) is 11.1. The highest BCUT2D eigenvalue weighted by Gasteiger charge is 2.12. The lowest BCUT2D eigenvalue weighted by Crippen LogP contribution is -2.24. The number of nitrogens with zero attached hydrogens (tertiary/aromatic N) is 2. The maximum absolute atomic E-state index is 13.2. The summed E-state index contributed by atoms with van der Waals surface area (Å²) in [6.45, 7) is 4.36. The van der Waals surface area contributed by atoms with Crippen LogP contribution in [0.15, 0.2) is 59.4 Å². The Morgan fingerprint density at radius 1 is 1.06 bits per heavy atom. The average Bonchev–Trinajstić information content (AvgIpc) is 2.80. The number of fused-ring (bicyclic) bond motifs is 3. The maximum atomic E-state index is 13.2. The first-order valence-electron chi connectivity index (χ1n) is 10.3. The highest BCUT2D eigenvalue weighted by molar-refractivity contribution is 6.05. The molecule has 164 valence electrons. The zero-order valence-corrected chi connectivity index (χ0v) is 18.3. The zero-order chi connectivity index (χ0) is 22.7. The van der Waals surface area contributed by atoms with Gasteiger partial charge in [0.25, 0.3) is 5.56 Å². The van der Waals surface area contributed by atoms with E-state index in [0.29, 0.717) is 41.3 Å². The Hall–Kier alpha value is -3.71. The van der Waals surface area contributed by atoms with Gasteiger partial charge in [0.2, 0.25) is 0 Å². The van der Waals surface area contributed by atoms with Crippen LogP contribution in [-0.2, 0) is 22.8 Å².